The normalized spacial score (nSPS) is 10.3. The third kappa shape index (κ3) is 5.26. The van der Waals surface area contributed by atoms with Gasteiger partial charge in [0.15, 0.2) is 0 Å². The first-order chi connectivity index (χ1) is 12.7. The van der Waals surface area contributed by atoms with Crippen molar-refractivity contribution in [2.45, 2.75) is 13.0 Å². The minimum Gasteiger partial charge on any atom is -0.364 e. The molecule has 0 spiro atoms. The summed E-state index contributed by atoms with van der Waals surface area (Å²) in [5.74, 6) is 0.334. The van der Waals surface area contributed by atoms with Crippen LogP contribution in [0.15, 0.2) is 61.1 Å². The van der Waals surface area contributed by atoms with E-state index in [-0.39, 0.29) is 5.91 Å². The lowest BCUT2D eigenvalue weighted by molar-refractivity contribution is 0.0949. The summed E-state index contributed by atoms with van der Waals surface area (Å²) in [5.41, 5.74) is 2.27. The second-order valence-corrected chi connectivity index (χ2v) is 6.04. The quantitative estimate of drug-likeness (QED) is 0.670. The molecular weight excluding hydrogens is 350 g/mol. The van der Waals surface area contributed by atoms with Crippen molar-refractivity contribution in [1.29, 1.82) is 0 Å². The van der Waals surface area contributed by atoms with Gasteiger partial charge in [0.1, 0.15) is 17.8 Å². The molecule has 3 rings (SSSR count). The first kappa shape index (κ1) is 17.8. The van der Waals surface area contributed by atoms with E-state index in [1.54, 1.807) is 12.3 Å². The number of rotatable bonds is 7. The Balaban J connectivity index is 1.52. The van der Waals surface area contributed by atoms with Gasteiger partial charge in [-0.1, -0.05) is 29.8 Å². The fraction of sp³-hybridized carbons (Fsp3) is 0.158. The average Bonchev–Trinajstić information content (AvgIpc) is 2.67. The number of hydrogen-bond donors (Lipinski definition) is 2. The van der Waals surface area contributed by atoms with Gasteiger partial charge in [-0.15, -0.1) is 0 Å². The fourth-order valence-electron chi connectivity index (χ4n) is 2.37. The molecule has 0 atom stereocenters. The first-order valence-electron chi connectivity index (χ1n) is 8.19. The highest BCUT2D eigenvalue weighted by molar-refractivity contribution is 6.30. The topological polar surface area (TPSA) is 79.8 Å². The predicted molar refractivity (Wildman–Crippen MR) is 101 cm³/mol. The number of amides is 1. The summed E-state index contributed by atoms with van der Waals surface area (Å²) in [6.45, 7) is 1.02. The van der Waals surface area contributed by atoms with E-state index in [0.29, 0.717) is 36.0 Å². The van der Waals surface area contributed by atoms with Gasteiger partial charge in [-0.25, -0.2) is 9.97 Å². The van der Waals surface area contributed by atoms with Crippen LogP contribution in [0.2, 0.25) is 5.02 Å². The van der Waals surface area contributed by atoms with E-state index >= 15 is 0 Å². The van der Waals surface area contributed by atoms with E-state index < -0.39 is 0 Å². The number of halogens is 1. The molecule has 2 N–H and O–H groups in total. The molecule has 0 aliphatic rings. The molecular formula is C19H18ClN5O. The van der Waals surface area contributed by atoms with Gasteiger partial charge in [-0.3, -0.25) is 9.78 Å². The monoisotopic (exact) mass is 367 g/mol. The van der Waals surface area contributed by atoms with Crippen LogP contribution < -0.4 is 10.6 Å². The summed E-state index contributed by atoms with van der Waals surface area (Å²) in [4.78, 5) is 24.7. The zero-order valence-corrected chi connectivity index (χ0v) is 14.8. The Bertz CT molecular complexity index is 873. The number of pyridine rings is 1. The van der Waals surface area contributed by atoms with Gasteiger partial charge in [0.25, 0.3) is 5.91 Å². The molecule has 3 aromatic rings. The van der Waals surface area contributed by atoms with Crippen molar-refractivity contribution in [3.8, 4) is 0 Å². The maximum absolute atomic E-state index is 12.3. The molecule has 0 saturated carbocycles. The second-order valence-electron chi connectivity index (χ2n) is 5.60. The van der Waals surface area contributed by atoms with Crippen LogP contribution in [0.4, 0.5) is 5.82 Å². The number of nitrogens with one attached hydrogen (secondary N) is 2. The lowest BCUT2D eigenvalue weighted by Gasteiger charge is -2.08. The van der Waals surface area contributed by atoms with E-state index in [1.807, 2.05) is 42.5 Å². The van der Waals surface area contributed by atoms with Gasteiger partial charge >= 0.3 is 0 Å². The molecule has 2 aromatic heterocycles. The molecule has 26 heavy (non-hydrogen) atoms. The van der Waals surface area contributed by atoms with Crippen molar-refractivity contribution in [2.24, 2.45) is 0 Å². The van der Waals surface area contributed by atoms with Crippen LogP contribution >= 0.6 is 11.6 Å². The smallest absolute Gasteiger partial charge is 0.270 e. The highest BCUT2D eigenvalue weighted by Crippen LogP contribution is 2.11. The number of benzene rings is 1. The van der Waals surface area contributed by atoms with Crippen LogP contribution in [0.3, 0.4) is 0 Å². The van der Waals surface area contributed by atoms with Crippen LogP contribution in [-0.2, 0) is 13.0 Å². The molecule has 2 heterocycles. The fourth-order valence-corrected chi connectivity index (χ4v) is 2.58. The minimum atomic E-state index is -0.240. The summed E-state index contributed by atoms with van der Waals surface area (Å²) in [7, 11) is 0. The summed E-state index contributed by atoms with van der Waals surface area (Å²) in [6, 6.07) is 14.9. The summed E-state index contributed by atoms with van der Waals surface area (Å²) in [5, 5.41) is 6.68. The average molecular weight is 368 g/mol. The summed E-state index contributed by atoms with van der Waals surface area (Å²) in [6.07, 6.45) is 3.80. The Kier molecular flexibility index (Phi) is 6.11. The van der Waals surface area contributed by atoms with Gasteiger partial charge in [0, 0.05) is 23.8 Å². The Hall–Kier alpha value is -2.99. The zero-order chi connectivity index (χ0) is 18.2. The Labute approximate surface area is 156 Å². The van der Waals surface area contributed by atoms with E-state index in [4.69, 9.17) is 11.6 Å². The highest BCUT2D eigenvalue weighted by Gasteiger charge is 2.08. The molecule has 0 bridgehead atoms. The van der Waals surface area contributed by atoms with Gasteiger partial charge < -0.3 is 10.6 Å². The number of hydrogen-bond acceptors (Lipinski definition) is 5. The standard InChI is InChI=1S/C19H18ClN5O/c20-15-5-3-4-14(10-15)7-9-22-19(26)17-11-18(25-13-24-17)23-12-16-6-1-2-8-21-16/h1-6,8,10-11,13H,7,9,12H2,(H,22,26)(H,23,24,25). The zero-order valence-electron chi connectivity index (χ0n) is 14.0. The van der Waals surface area contributed by atoms with Gasteiger partial charge in [-0.2, -0.15) is 0 Å². The Morgan fingerprint density at radius 3 is 2.77 bits per heavy atom. The van der Waals surface area contributed by atoms with Crippen molar-refractivity contribution < 1.29 is 4.79 Å². The Morgan fingerprint density at radius 1 is 1.04 bits per heavy atom. The number of aromatic nitrogens is 3. The molecule has 0 fully saturated rings. The van der Waals surface area contributed by atoms with Gasteiger partial charge in [0.2, 0.25) is 0 Å². The van der Waals surface area contributed by atoms with Crippen LogP contribution in [0.5, 0.6) is 0 Å². The van der Waals surface area contributed by atoms with Crippen LogP contribution in [0.25, 0.3) is 0 Å². The molecule has 0 aliphatic heterocycles. The number of carbonyl (C=O) groups excluding carboxylic acids is 1. The van der Waals surface area contributed by atoms with Crippen molar-refractivity contribution in [3.05, 3.63) is 83.0 Å². The molecule has 1 aromatic carbocycles. The minimum absolute atomic E-state index is 0.240. The SMILES string of the molecule is O=C(NCCc1cccc(Cl)c1)c1cc(NCc2ccccn2)ncn1. The number of anilines is 1. The van der Waals surface area contributed by atoms with E-state index in [9.17, 15) is 4.79 Å². The van der Waals surface area contributed by atoms with Crippen LogP contribution in [-0.4, -0.2) is 27.4 Å². The van der Waals surface area contributed by atoms with Crippen LogP contribution in [0, 0.1) is 0 Å². The largest absolute Gasteiger partial charge is 0.364 e. The van der Waals surface area contributed by atoms with Crippen molar-refractivity contribution >= 4 is 23.3 Å². The summed E-state index contributed by atoms with van der Waals surface area (Å²) < 4.78 is 0. The molecule has 132 valence electrons. The van der Waals surface area contributed by atoms with Crippen molar-refractivity contribution in [3.63, 3.8) is 0 Å². The lowest BCUT2D eigenvalue weighted by Crippen LogP contribution is -2.26. The third-order valence-electron chi connectivity index (χ3n) is 3.66. The maximum Gasteiger partial charge on any atom is 0.270 e. The van der Waals surface area contributed by atoms with Crippen molar-refractivity contribution in [1.82, 2.24) is 20.3 Å². The molecule has 0 radical (unpaired) electrons. The van der Waals surface area contributed by atoms with Gasteiger partial charge in [-0.05, 0) is 36.2 Å². The van der Waals surface area contributed by atoms with E-state index in [1.165, 1.54) is 6.33 Å². The molecule has 7 heteroatoms. The Morgan fingerprint density at radius 2 is 1.96 bits per heavy atom. The predicted octanol–water partition coefficient (Wildman–Crippen LogP) is 3.11. The van der Waals surface area contributed by atoms with Crippen LogP contribution in [0.1, 0.15) is 21.7 Å². The summed E-state index contributed by atoms with van der Waals surface area (Å²) >= 11 is 5.96. The first-order valence-corrected chi connectivity index (χ1v) is 8.57. The highest BCUT2D eigenvalue weighted by atomic mass is 35.5. The maximum atomic E-state index is 12.3. The molecule has 6 nitrogen and oxygen atoms in total. The number of carbonyl (C=O) groups is 1. The lowest BCUT2D eigenvalue weighted by atomic mass is 10.1. The second kappa shape index (κ2) is 8.92. The molecule has 0 saturated heterocycles. The third-order valence-corrected chi connectivity index (χ3v) is 3.90. The van der Waals surface area contributed by atoms with Gasteiger partial charge in [0.05, 0.1) is 12.2 Å². The van der Waals surface area contributed by atoms with Crippen molar-refractivity contribution in [2.75, 3.05) is 11.9 Å². The van der Waals surface area contributed by atoms with E-state index in [2.05, 4.69) is 25.6 Å². The molecule has 0 aliphatic carbocycles. The van der Waals surface area contributed by atoms with E-state index in [0.717, 1.165) is 11.3 Å². The molecule has 1 amide bonds. The molecule has 0 unspecified atom stereocenters. The number of nitrogens with zero attached hydrogens (tertiary/aromatic N) is 3.